The highest BCUT2D eigenvalue weighted by molar-refractivity contribution is 7.99. The number of aromatic nitrogens is 3. The number of para-hydroxylation sites is 1. The van der Waals surface area contributed by atoms with Crippen molar-refractivity contribution in [3.63, 3.8) is 0 Å². The van der Waals surface area contributed by atoms with Crippen molar-refractivity contribution in [2.45, 2.75) is 24.9 Å². The molecule has 4 rings (SSSR count). The Kier molecular flexibility index (Phi) is 8.73. The Morgan fingerprint density at radius 1 is 1.00 bits per heavy atom. The summed E-state index contributed by atoms with van der Waals surface area (Å²) in [5.74, 6) is 1.65. The van der Waals surface area contributed by atoms with Gasteiger partial charge in [0.1, 0.15) is 11.6 Å². The molecule has 0 aliphatic carbocycles. The fourth-order valence-electron chi connectivity index (χ4n) is 3.78. The third-order valence-electron chi connectivity index (χ3n) is 5.45. The van der Waals surface area contributed by atoms with Gasteiger partial charge in [-0.1, -0.05) is 60.3 Å². The van der Waals surface area contributed by atoms with Crippen molar-refractivity contribution in [3.8, 4) is 17.5 Å². The highest BCUT2D eigenvalue weighted by Crippen LogP contribution is 2.26. The molecule has 0 fully saturated rings. The van der Waals surface area contributed by atoms with Crippen molar-refractivity contribution in [1.82, 2.24) is 14.8 Å². The van der Waals surface area contributed by atoms with Gasteiger partial charge in [0.05, 0.1) is 24.8 Å². The lowest BCUT2D eigenvalue weighted by Crippen LogP contribution is -2.33. The number of hydrogen-bond acceptors (Lipinski definition) is 6. The molecule has 4 aromatic rings. The van der Waals surface area contributed by atoms with Gasteiger partial charge in [0.25, 0.3) is 0 Å². The van der Waals surface area contributed by atoms with E-state index >= 15 is 0 Å². The van der Waals surface area contributed by atoms with Crippen LogP contribution in [0.25, 0.3) is 5.69 Å². The number of carbonyl (C=O) groups is 1. The topological polar surface area (TPSA) is 84.0 Å². The Labute approximate surface area is 215 Å². The fraction of sp³-hybridized carbons (Fsp3) is 0.214. The van der Waals surface area contributed by atoms with E-state index in [1.165, 1.54) is 11.8 Å². The summed E-state index contributed by atoms with van der Waals surface area (Å²) in [5.41, 5.74) is 2.79. The van der Waals surface area contributed by atoms with Gasteiger partial charge in [0, 0.05) is 24.3 Å². The van der Waals surface area contributed by atoms with Gasteiger partial charge in [-0.3, -0.25) is 9.36 Å². The quantitative estimate of drug-likeness (QED) is 0.262. The number of carbonyl (C=O) groups excluding carboxylic acids is 1. The second-order valence-electron chi connectivity index (χ2n) is 7.90. The summed E-state index contributed by atoms with van der Waals surface area (Å²) < 4.78 is 7.58. The molecule has 182 valence electrons. The van der Waals surface area contributed by atoms with Gasteiger partial charge in [0.15, 0.2) is 5.16 Å². The first-order chi connectivity index (χ1) is 17.7. The first kappa shape index (κ1) is 25.0. The van der Waals surface area contributed by atoms with Crippen LogP contribution < -0.4 is 9.64 Å². The summed E-state index contributed by atoms with van der Waals surface area (Å²) in [4.78, 5) is 14.9. The van der Waals surface area contributed by atoms with Crippen LogP contribution in [-0.2, 0) is 11.2 Å². The molecule has 1 amide bonds. The number of hydrogen-bond donors (Lipinski definition) is 0. The zero-order chi connectivity index (χ0) is 25.2. The number of nitrogens with zero attached hydrogens (tertiary/aromatic N) is 5. The van der Waals surface area contributed by atoms with Gasteiger partial charge in [-0.25, -0.2) is 0 Å². The van der Waals surface area contributed by atoms with Crippen LogP contribution in [0.1, 0.15) is 24.7 Å². The van der Waals surface area contributed by atoms with Gasteiger partial charge >= 0.3 is 0 Å². The number of rotatable bonds is 11. The first-order valence-corrected chi connectivity index (χ1v) is 12.7. The van der Waals surface area contributed by atoms with E-state index in [1.807, 2.05) is 84.3 Å². The average molecular weight is 498 g/mol. The zero-order valence-electron chi connectivity index (χ0n) is 20.1. The Balaban J connectivity index is 1.59. The van der Waals surface area contributed by atoms with Crippen LogP contribution in [0.2, 0.25) is 0 Å². The molecule has 3 aromatic carbocycles. The minimum absolute atomic E-state index is 0.0905. The molecule has 0 radical (unpaired) electrons. The van der Waals surface area contributed by atoms with Crippen molar-refractivity contribution in [2.24, 2.45) is 0 Å². The van der Waals surface area contributed by atoms with Crippen LogP contribution in [0.5, 0.6) is 5.75 Å². The maximum absolute atomic E-state index is 13.2. The lowest BCUT2D eigenvalue weighted by Gasteiger charge is -2.21. The number of ether oxygens (including phenoxy) is 1. The normalized spacial score (nSPS) is 10.6. The summed E-state index contributed by atoms with van der Waals surface area (Å²) in [5, 5.41) is 18.6. The number of amides is 1. The van der Waals surface area contributed by atoms with Crippen LogP contribution in [0, 0.1) is 11.3 Å². The Morgan fingerprint density at radius 2 is 1.69 bits per heavy atom. The van der Waals surface area contributed by atoms with E-state index in [4.69, 9.17) is 10.00 Å². The molecule has 0 bridgehead atoms. The van der Waals surface area contributed by atoms with Crippen molar-refractivity contribution in [1.29, 1.82) is 5.26 Å². The number of anilines is 1. The molecule has 7 nitrogen and oxygen atoms in total. The van der Waals surface area contributed by atoms with Gasteiger partial charge in [0.2, 0.25) is 5.91 Å². The van der Waals surface area contributed by atoms with Gasteiger partial charge in [-0.15, -0.1) is 10.2 Å². The summed E-state index contributed by atoms with van der Waals surface area (Å²) in [6.45, 7) is 2.88. The highest BCUT2D eigenvalue weighted by atomic mass is 32.2. The third-order valence-corrected chi connectivity index (χ3v) is 6.37. The van der Waals surface area contributed by atoms with Gasteiger partial charge in [-0.2, -0.15) is 5.26 Å². The van der Waals surface area contributed by atoms with E-state index in [9.17, 15) is 4.79 Å². The number of thioether (sulfide) groups is 1. The maximum Gasteiger partial charge on any atom is 0.237 e. The van der Waals surface area contributed by atoms with Gasteiger partial charge < -0.3 is 9.64 Å². The van der Waals surface area contributed by atoms with Crippen LogP contribution >= 0.6 is 11.8 Å². The summed E-state index contributed by atoms with van der Waals surface area (Å²) in [6.07, 6.45) is 0.864. The highest BCUT2D eigenvalue weighted by Gasteiger charge is 2.20. The van der Waals surface area contributed by atoms with E-state index in [-0.39, 0.29) is 18.1 Å². The minimum atomic E-state index is -0.0905. The second kappa shape index (κ2) is 12.6. The molecule has 0 unspecified atom stereocenters. The molecule has 0 saturated heterocycles. The molecule has 36 heavy (non-hydrogen) atoms. The number of nitriles is 1. The van der Waals surface area contributed by atoms with Crippen molar-refractivity contribution >= 4 is 23.4 Å². The Bertz CT molecular complexity index is 1300. The smallest absolute Gasteiger partial charge is 0.237 e. The van der Waals surface area contributed by atoms with Crippen LogP contribution in [0.15, 0.2) is 90.1 Å². The molecule has 0 N–H and O–H groups in total. The standard InChI is InChI=1S/C28H27N5O2S/c1-2-35-25-16-14-24(15-17-25)33-26(20-22-10-5-3-6-11-22)30-31-28(33)36-21-27(34)32(19-9-18-29)23-12-7-4-8-13-23/h3-8,10-17H,2,9,19-21H2,1H3. The van der Waals surface area contributed by atoms with E-state index in [2.05, 4.69) is 28.4 Å². The van der Waals surface area contributed by atoms with Crippen LogP contribution in [0.4, 0.5) is 5.69 Å². The maximum atomic E-state index is 13.2. The van der Waals surface area contributed by atoms with Gasteiger partial charge in [-0.05, 0) is 48.9 Å². The lowest BCUT2D eigenvalue weighted by atomic mass is 10.1. The Morgan fingerprint density at radius 3 is 2.36 bits per heavy atom. The predicted molar refractivity (Wildman–Crippen MR) is 142 cm³/mol. The molecule has 0 aliphatic heterocycles. The SMILES string of the molecule is CCOc1ccc(-n2c(Cc3ccccc3)nnc2SCC(=O)N(CCC#N)c2ccccc2)cc1. The zero-order valence-corrected chi connectivity index (χ0v) is 20.9. The molecule has 1 aromatic heterocycles. The fourth-order valence-corrected chi connectivity index (χ4v) is 4.62. The van der Waals surface area contributed by atoms with Crippen LogP contribution in [0.3, 0.4) is 0 Å². The summed E-state index contributed by atoms with van der Waals surface area (Å²) in [7, 11) is 0. The van der Waals surface area contributed by atoms with E-state index in [1.54, 1.807) is 4.90 Å². The molecule has 0 aliphatic rings. The van der Waals surface area contributed by atoms with Crippen molar-refractivity contribution < 1.29 is 9.53 Å². The molecule has 1 heterocycles. The number of benzene rings is 3. The molecule has 0 atom stereocenters. The summed E-state index contributed by atoms with van der Waals surface area (Å²) >= 11 is 1.34. The first-order valence-electron chi connectivity index (χ1n) is 11.8. The molecule has 0 spiro atoms. The van der Waals surface area contributed by atoms with E-state index < -0.39 is 0 Å². The minimum Gasteiger partial charge on any atom is -0.494 e. The van der Waals surface area contributed by atoms with Crippen molar-refractivity contribution in [3.05, 3.63) is 96.3 Å². The van der Waals surface area contributed by atoms with E-state index in [0.29, 0.717) is 24.7 Å². The molecule has 0 saturated carbocycles. The third kappa shape index (κ3) is 6.32. The summed E-state index contributed by atoms with van der Waals surface area (Å²) in [6, 6.07) is 29.4. The molecular weight excluding hydrogens is 470 g/mol. The van der Waals surface area contributed by atoms with Crippen molar-refractivity contribution in [2.75, 3.05) is 23.8 Å². The average Bonchev–Trinajstić information content (AvgIpc) is 3.31. The predicted octanol–water partition coefficient (Wildman–Crippen LogP) is 5.30. The molecule has 8 heteroatoms. The van der Waals surface area contributed by atoms with Crippen LogP contribution in [-0.4, -0.2) is 39.6 Å². The Hall–Kier alpha value is -4.09. The second-order valence-corrected chi connectivity index (χ2v) is 8.84. The molecular formula is C28H27N5O2S. The van der Waals surface area contributed by atoms with E-state index in [0.717, 1.165) is 28.5 Å². The largest absolute Gasteiger partial charge is 0.494 e. The lowest BCUT2D eigenvalue weighted by molar-refractivity contribution is -0.116. The monoisotopic (exact) mass is 497 g/mol.